The van der Waals surface area contributed by atoms with Gasteiger partial charge in [0, 0.05) is 36.5 Å². The van der Waals surface area contributed by atoms with Gasteiger partial charge in [-0.2, -0.15) is 0 Å². The third kappa shape index (κ3) is 2.85. The van der Waals surface area contributed by atoms with Gasteiger partial charge < -0.3 is 4.57 Å². The summed E-state index contributed by atoms with van der Waals surface area (Å²) in [6.07, 6.45) is 4.74. The predicted molar refractivity (Wildman–Crippen MR) is 65.7 cm³/mol. The third-order valence-corrected chi connectivity index (χ3v) is 3.71. The largest absolute Gasteiger partial charge is 0.304 e. The summed E-state index contributed by atoms with van der Waals surface area (Å²) in [5.41, 5.74) is 1.05. The van der Waals surface area contributed by atoms with Crippen molar-refractivity contribution in [1.29, 1.82) is 0 Å². The van der Waals surface area contributed by atoms with Gasteiger partial charge in [0.1, 0.15) is 5.82 Å². The van der Waals surface area contributed by atoms with Crippen LogP contribution in [0.3, 0.4) is 0 Å². The van der Waals surface area contributed by atoms with E-state index in [9.17, 15) is 8.42 Å². The van der Waals surface area contributed by atoms with Crippen molar-refractivity contribution in [3.05, 3.63) is 35.9 Å². The zero-order valence-corrected chi connectivity index (χ0v) is 11.2. The molecular formula is C10H11ClN4O2S. The first-order valence-electron chi connectivity index (χ1n) is 5.20. The third-order valence-electron chi connectivity index (χ3n) is 2.50. The summed E-state index contributed by atoms with van der Waals surface area (Å²) in [6.45, 7) is 0. The number of rotatable bonds is 4. The van der Waals surface area contributed by atoms with Crippen LogP contribution in [0.2, 0.25) is 0 Å². The SMILES string of the molecule is Cn1c(CCc2cccnc2)nnc1S(=O)(=O)Cl. The number of hydrogen-bond acceptors (Lipinski definition) is 5. The van der Waals surface area contributed by atoms with Gasteiger partial charge in [-0.1, -0.05) is 6.07 Å². The van der Waals surface area contributed by atoms with E-state index in [2.05, 4.69) is 15.2 Å². The second-order valence-corrected chi connectivity index (χ2v) is 6.22. The molecule has 0 unspecified atom stereocenters. The second kappa shape index (κ2) is 5.03. The highest BCUT2D eigenvalue weighted by atomic mass is 35.7. The molecule has 2 aromatic heterocycles. The van der Waals surface area contributed by atoms with Crippen LogP contribution in [0.15, 0.2) is 29.7 Å². The molecule has 2 rings (SSSR count). The number of pyridine rings is 1. The average Bonchev–Trinajstić information content (AvgIpc) is 2.69. The molecule has 0 aliphatic carbocycles. The van der Waals surface area contributed by atoms with Crippen molar-refractivity contribution >= 4 is 19.7 Å². The fourth-order valence-corrected chi connectivity index (χ4v) is 2.55. The molecule has 2 aromatic rings. The highest BCUT2D eigenvalue weighted by molar-refractivity contribution is 8.13. The van der Waals surface area contributed by atoms with E-state index in [-0.39, 0.29) is 5.16 Å². The highest BCUT2D eigenvalue weighted by Gasteiger charge is 2.19. The number of aryl methyl sites for hydroxylation is 2. The molecule has 0 amide bonds. The zero-order valence-electron chi connectivity index (χ0n) is 9.62. The smallest absolute Gasteiger partial charge is 0.296 e. The fourth-order valence-electron chi connectivity index (χ4n) is 1.58. The lowest BCUT2D eigenvalue weighted by Crippen LogP contribution is -2.06. The summed E-state index contributed by atoms with van der Waals surface area (Å²) in [7, 11) is 2.96. The first kappa shape index (κ1) is 13.0. The van der Waals surface area contributed by atoms with Crippen LogP contribution in [-0.4, -0.2) is 28.2 Å². The molecule has 0 aliphatic heterocycles. The minimum Gasteiger partial charge on any atom is -0.304 e. The van der Waals surface area contributed by atoms with Crippen LogP contribution >= 0.6 is 10.7 Å². The monoisotopic (exact) mass is 286 g/mol. The maximum absolute atomic E-state index is 11.2. The van der Waals surface area contributed by atoms with Crippen molar-refractivity contribution in [2.75, 3.05) is 0 Å². The number of halogens is 1. The summed E-state index contributed by atoms with van der Waals surface area (Å²) in [6, 6.07) is 3.79. The van der Waals surface area contributed by atoms with Gasteiger partial charge in [0.25, 0.3) is 14.2 Å². The van der Waals surface area contributed by atoms with Gasteiger partial charge in [0.05, 0.1) is 0 Å². The Kier molecular flexibility index (Phi) is 3.63. The summed E-state index contributed by atoms with van der Waals surface area (Å²) < 4.78 is 23.7. The standard InChI is InChI=1S/C10H11ClN4O2S/c1-15-9(13-14-10(15)18(11,16)17)5-4-8-3-2-6-12-7-8/h2-3,6-7H,4-5H2,1H3. The van der Waals surface area contributed by atoms with E-state index in [4.69, 9.17) is 10.7 Å². The van der Waals surface area contributed by atoms with Crippen LogP contribution in [0.25, 0.3) is 0 Å². The molecule has 0 radical (unpaired) electrons. The second-order valence-electron chi connectivity index (χ2n) is 3.76. The van der Waals surface area contributed by atoms with Crippen molar-refractivity contribution in [3.63, 3.8) is 0 Å². The fraction of sp³-hybridized carbons (Fsp3) is 0.300. The van der Waals surface area contributed by atoms with Crippen LogP contribution in [0.4, 0.5) is 0 Å². The molecule has 8 heteroatoms. The van der Waals surface area contributed by atoms with Gasteiger partial charge in [-0.15, -0.1) is 10.2 Å². The van der Waals surface area contributed by atoms with E-state index < -0.39 is 9.05 Å². The molecule has 96 valence electrons. The molecule has 0 aromatic carbocycles. The quantitative estimate of drug-likeness (QED) is 0.781. The number of nitrogens with zero attached hydrogens (tertiary/aromatic N) is 4. The van der Waals surface area contributed by atoms with Gasteiger partial charge >= 0.3 is 0 Å². The van der Waals surface area contributed by atoms with Crippen LogP contribution in [0.1, 0.15) is 11.4 Å². The Morgan fingerprint density at radius 1 is 1.33 bits per heavy atom. The molecule has 18 heavy (non-hydrogen) atoms. The molecule has 0 fully saturated rings. The Bertz CT molecular complexity index is 639. The van der Waals surface area contributed by atoms with Crippen LogP contribution < -0.4 is 0 Å². The van der Waals surface area contributed by atoms with E-state index in [0.717, 1.165) is 5.56 Å². The molecule has 0 N–H and O–H groups in total. The number of hydrogen-bond donors (Lipinski definition) is 0. The predicted octanol–water partition coefficient (Wildman–Crippen LogP) is 0.923. The Morgan fingerprint density at radius 2 is 2.11 bits per heavy atom. The van der Waals surface area contributed by atoms with E-state index >= 15 is 0 Å². The van der Waals surface area contributed by atoms with Gasteiger partial charge in [0.2, 0.25) is 0 Å². The lowest BCUT2D eigenvalue weighted by Gasteiger charge is -2.02. The normalized spacial score (nSPS) is 11.7. The summed E-state index contributed by atoms with van der Waals surface area (Å²) in [4.78, 5) is 4.00. The summed E-state index contributed by atoms with van der Waals surface area (Å²) in [5.74, 6) is 0.568. The summed E-state index contributed by atoms with van der Waals surface area (Å²) >= 11 is 0. The Labute approximate surface area is 109 Å². The van der Waals surface area contributed by atoms with Crippen LogP contribution in [0.5, 0.6) is 0 Å². The molecule has 0 aliphatic rings. The maximum Gasteiger partial charge on any atom is 0.296 e. The zero-order chi connectivity index (χ0) is 13.2. The molecule has 6 nitrogen and oxygen atoms in total. The lowest BCUT2D eigenvalue weighted by atomic mass is 10.1. The lowest BCUT2D eigenvalue weighted by molar-refractivity contribution is 0.590. The van der Waals surface area contributed by atoms with E-state index in [1.807, 2.05) is 12.1 Å². The minimum absolute atomic E-state index is 0.231. The Morgan fingerprint density at radius 3 is 2.67 bits per heavy atom. The Hall–Kier alpha value is -1.47. The topological polar surface area (TPSA) is 77.7 Å². The van der Waals surface area contributed by atoms with Gasteiger partial charge in [-0.3, -0.25) is 4.98 Å². The average molecular weight is 287 g/mol. The molecule has 2 heterocycles. The molecule has 0 spiro atoms. The number of aromatic nitrogens is 4. The summed E-state index contributed by atoms with van der Waals surface area (Å²) in [5, 5.41) is 7.17. The van der Waals surface area contributed by atoms with Crippen LogP contribution in [0, 0.1) is 0 Å². The van der Waals surface area contributed by atoms with Gasteiger partial charge in [-0.05, 0) is 18.1 Å². The highest BCUT2D eigenvalue weighted by Crippen LogP contribution is 2.13. The molecule has 0 atom stereocenters. The van der Waals surface area contributed by atoms with Crippen molar-refractivity contribution in [3.8, 4) is 0 Å². The van der Waals surface area contributed by atoms with Crippen molar-refractivity contribution in [1.82, 2.24) is 19.7 Å². The van der Waals surface area contributed by atoms with Crippen molar-refractivity contribution < 1.29 is 8.42 Å². The first-order chi connectivity index (χ1) is 8.48. The maximum atomic E-state index is 11.2. The van der Waals surface area contributed by atoms with Gasteiger partial charge in [0.15, 0.2) is 0 Å². The van der Waals surface area contributed by atoms with Crippen molar-refractivity contribution in [2.45, 2.75) is 18.0 Å². The van der Waals surface area contributed by atoms with Gasteiger partial charge in [-0.25, -0.2) is 8.42 Å². The van der Waals surface area contributed by atoms with E-state index in [1.165, 1.54) is 4.57 Å². The molecule has 0 saturated carbocycles. The minimum atomic E-state index is -3.85. The first-order valence-corrected chi connectivity index (χ1v) is 7.51. The molecule has 0 bridgehead atoms. The molecule has 0 saturated heterocycles. The van der Waals surface area contributed by atoms with Crippen LogP contribution in [-0.2, 0) is 28.9 Å². The van der Waals surface area contributed by atoms with Crippen molar-refractivity contribution in [2.24, 2.45) is 7.05 Å². The molecular weight excluding hydrogens is 276 g/mol. The Balaban J connectivity index is 2.14. The van der Waals surface area contributed by atoms with E-state index in [0.29, 0.717) is 18.7 Å². The van der Waals surface area contributed by atoms with E-state index in [1.54, 1.807) is 19.4 Å².